The van der Waals surface area contributed by atoms with Gasteiger partial charge in [-0.3, -0.25) is 4.79 Å². The van der Waals surface area contributed by atoms with E-state index in [-0.39, 0.29) is 23.4 Å². The second-order valence-corrected chi connectivity index (χ2v) is 4.81. The molecule has 1 saturated carbocycles. The molecule has 1 aliphatic carbocycles. The molecule has 1 amide bonds. The van der Waals surface area contributed by atoms with Gasteiger partial charge in [-0.2, -0.15) is 0 Å². The van der Waals surface area contributed by atoms with Crippen LogP contribution in [0.2, 0.25) is 0 Å². The number of amides is 1. The Hall–Kier alpha value is -0.570. The second-order valence-electron chi connectivity index (χ2n) is 4.81. The molecule has 2 atom stereocenters. The lowest BCUT2D eigenvalue weighted by Gasteiger charge is -2.40. The number of carbonyl (C=O) groups excluding carboxylic acids is 1. The third kappa shape index (κ3) is 2.47. The van der Waals surface area contributed by atoms with Crippen molar-refractivity contribution >= 4 is 5.91 Å². The van der Waals surface area contributed by atoms with Gasteiger partial charge in [-0.15, -0.1) is 0 Å². The molecule has 1 rings (SSSR count). The van der Waals surface area contributed by atoms with Gasteiger partial charge in [0, 0.05) is 5.54 Å². The maximum absolute atomic E-state index is 11.7. The van der Waals surface area contributed by atoms with Gasteiger partial charge in [0.25, 0.3) is 0 Å². The van der Waals surface area contributed by atoms with Crippen LogP contribution in [0, 0.1) is 5.92 Å². The van der Waals surface area contributed by atoms with E-state index >= 15 is 0 Å². The monoisotopic (exact) mass is 198 g/mol. The summed E-state index contributed by atoms with van der Waals surface area (Å²) in [6.07, 6.45) is 4.35. The molecule has 0 bridgehead atoms. The minimum atomic E-state index is -0.350. The van der Waals surface area contributed by atoms with Gasteiger partial charge in [-0.05, 0) is 32.1 Å². The maximum Gasteiger partial charge on any atom is 0.237 e. The van der Waals surface area contributed by atoms with Crippen LogP contribution in [0.15, 0.2) is 0 Å². The molecule has 0 spiro atoms. The number of nitrogens with one attached hydrogen (secondary N) is 1. The van der Waals surface area contributed by atoms with Crippen molar-refractivity contribution in [1.82, 2.24) is 5.32 Å². The molecule has 0 saturated heterocycles. The van der Waals surface area contributed by atoms with Crippen molar-refractivity contribution in [2.45, 2.75) is 58.0 Å². The van der Waals surface area contributed by atoms with E-state index in [0.717, 1.165) is 19.3 Å². The normalized spacial score (nSPS) is 23.4. The average molecular weight is 198 g/mol. The van der Waals surface area contributed by atoms with Crippen molar-refractivity contribution in [3.8, 4) is 0 Å². The molecule has 82 valence electrons. The number of hydrogen-bond donors (Lipinski definition) is 2. The fraction of sp³-hybridized carbons (Fsp3) is 0.909. The smallest absolute Gasteiger partial charge is 0.237 e. The van der Waals surface area contributed by atoms with Crippen molar-refractivity contribution in [3.63, 3.8) is 0 Å². The summed E-state index contributed by atoms with van der Waals surface area (Å²) in [6, 6.07) is -0.350. The Kier molecular flexibility index (Phi) is 3.53. The molecule has 0 aromatic rings. The molecule has 3 N–H and O–H groups in total. The van der Waals surface area contributed by atoms with Crippen LogP contribution >= 0.6 is 0 Å². The largest absolute Gasteiger partial charge is 0.350 e. The van der Waals surface area contributed by atoms with Crippen LogP contribution in [0.4, 0.5) is 0 Å². The number of hydrogen-bond acceptors (Lipinski definition) is 2. The zero-order valence-electron chi connectivity index (χ0n) is 9.47. The van der Waals surface area contributed by atoms with E-state index in [4.69, 9.17) is 5.73 Å². The minimum absolute atomic E-state index is 0.0153. The molecule has 0 aliphatic heterocycles. The van der Waals surface area contributed by atoms with Crippen molar-refractivity contribution in [3.05, 3.63) is 0 Å². The minimum Gasteiger partial charge on any atom is -0.350 e. The van der Waals surface area contributed by atoms with Crippen LogP contribution < -0.4 is 11.1 Å². The highest BCUT2D eigenvalue weighted by atomic mass is 16.2. The molecule has 0 heterocycles. The Morgan fingerprint density at radius 3 is 2.50 bits per heavy atom. The van der Waals surface area contributed by atoms with Gasteiger partial charge in [0.2, 0.25) is 5.91 Å². The first kappa shape index (κ1) is 11.5. The topological polar surface area (TPSA) is 55.1 Å². The van der Waals surface area contributed by atoms with E-state index in [0.29, 0.717) is 0 Å². The van der Waals surface area contributed by atoms with Crippen molar-refractivity contribution < 1.29 is 4.79 Å². The summed E-state index contributed by atoms with van der Waals surface area (Å²) in [5, 5.41) is 3.04. The molecule has 0 aromatic carbocycles. The summed E-state index contributed by atoms with van der Waals surface area (Å²) in [6.45, 7) is 6.17. The van der Waals surface area contributed by atoms with E-state index in [2.05, 4.69) is 19.2 Å². The van der Waals surface area contributed by atoms with Gasteiger partial charge < -0.3 is 11.1 Å². The van der Waals surface area contributed by atoms with Crippen LogP contribution in [0.25, 0.3) is 0 Å². The highest BCUT2D eigenvalue weighted by molar-refractivity contribution is 5.82. The molecule has 3 nitrogen and oxygen atoms in total. The molecular weight excluding hydrogens is 176 g/mol. The summed E-state index contributed by atoms with van der Waals surface area (Å²) in [5.74, 6) is 0.278. The van der Waals surface area contributed by atoms with Gasteiger partial charge in [0.15, 0.2) is 0 Å². The third-order valence-electron chi connectivity index (χ3n) is 3.44. The third-order valence-corrected chi connectivity index (χ3v) is 3.44. The molecule has 14 heavy (non-hydrogen) atoms. The Balaban J connectivity index is 2.41. The van der Waals surface area contributed by atoms with Crippen molar-refractivity contribution in [1.29, 1.82) is 0 Å². The Labute approximate surface area is 86.4 Å². The fourth-order valence-electron chi connectivity index (χ4n) is 1.73. The van der Waals surface area contributed by atoms with Gasteiger partial charge in [0.05, 0.1) is 6.04 Å². The average Bonchev–Trinajstić information content (AvgIpc) is 2.12. The van der Waals surface area contributed by atoms with Crippen LogP contribution in [0.1, 0.15) is 46.5 Å². The lowest BCUT2D eigenvalue weighted by atomic mass is 9.78. The first-order valence-corrected chi connectivity index (χ1v) is 5.56. The van der Waals surface area contributed by atoms with Crippen LogP contribution in [-0.4, -0.2) is 17.5 Å². The van der Waals surface area contributed by atoms with E-state index < -0.39 is 0 Å². The van der Waals surface area contributed by atoms with Gasteiger partial charge in [0.1, 0.15) is 0 Å². The molecule has 3 heteroatoms. The van der Waals surface area contributed by atoms with Crippen LogP contribution in [0.3, 0.4) is 0 Å². The highest BCUT2D eigenvalue weighted by Crippen LogP contribution is 2.31. The molecular formula is C11H22N2O. The summed E-state index contributed by atoms with van der Waals surface area (Å²) in [5.41, 5.74) is 5.88. The van der Waals surface area contributed by atoms with E-state index in [1.54, 1.807) is 0 Å². The Morgan fingerprint density at radius 1 is 1.57 bits per heavy atom. The predicted molar refractivity (Wildman–Crippen MR) is 57.8 cm³/mol. The molecule has 1 aliphatic rings. The molecule has 1 fully saturated rings. The maximum atomic E-state index is 11.7. The molecule has 0 unspecified atom stereocenters. The van der Waals surface area contributed by atoms with Crippen molar-refractivity contribution in [2.24, 2.45) is 11.7 Å². The van der Waals surface area contributed by atoms with E-state index in [9.17, 15) is 4.79 Å². The molecule has 0 radical (unpaired) electrons. The number of nitrogens with two attached hydrogens (primary N) is 1. The van der Waals surface area contributed by atoms with E-state index in [1.165, 1.54) is 6.42 Å². The zero-order valence-corrected chi connectivity index (χ0v) is 9.47. The lowest BCUT2D eigenvalue weighted by Crippen LogP contribution is -2.56. The molecule has 0 aromatic heterocycles. The van der Waals surface area contributed by atoms with Gasteiger partial charge in [-0.25, -0.2) is 0 Å². The SMILES string of the molecule is CC[C@H](C)[C@H](N)C(=O)NC1(C)CCC1. The first-order valence-electron chi connectivity index (χ1n) is 5.56. The van der Waals surface area contributed by atoms with Gasteiger partial charge in [-0.1, -0.05) is 20.3 Å². The lowest BCUT2D eigenvalue weighted by molar-refractivity contribution is -0.126. The second kappa shape index (κ2) is 4.30. The number of rotatable bonds is 4. The summed E-state index contributed by atoms with van der Waals surface area (Å²) in [4.78, 5) is 11.7. The van der Waals surface area contributed by atoms with Crippen LogP contribution in [0.5, 0.6) is 0 Å². The van der Waals surface area contributed by atoms with Gasteiger partial charge >= 0.3 is 0 Å². The summed E-state index contributed by atoms with van der Waals surface area (Å²) < 4.78 is 0. The quantitative estimate of drug-likeness (QED) is 0.717. The first-order chi connectivity index (χ1) is 6.48. The summed E-state index contributed by atoms with van der Waals surface area (Å²) >= 11 is 0. The Morgan fingerprint density at radius 2 is 2.14 bits per heavy atom. The Bertz CT molecular complexity index is 211. The van der Waals surface area contributed by atoms with Crippen molar-refractivity contribution in [2.75, 3.05) is 0 Å². The van der Waals surface area contributed by atoms with Crippen LogP contribution in [-0.2, 0) is 4.79 Å². The fourth-order valence-corrected chi connectivity index (χ4v) is 1.73. The standard InChI is InChI=1S/C11H22N2O/c1-4-8(2)9(12)10(14)13-11(3)6-5-7-11/h8-9H,4-7,12H2,1-3H3,(H,13,14)/t8-,9-/m0/s1. The zero-order chi connectivity index (χ0) is 10.8. The van der Waals surface area contributed by atoms with E-state index in [1.807, 2.05) is 6.92 Å². The summed E-state index contributed by atoms with van der Waals surface area (Å²) in [7, 11) is 0. The highest BCUT2D eigenvalue weighted by Gasteiger charge is 2.34. The number of carbonyl (C=O) groups is 1. The predicted octanol–water partition coefficient (Wildman–Crippen LogP) is 1.42.